The van der Waals surface area contributed by atoms with Crippen molar-refractivity contribution in [2.75, 3.05) is 5.75 Å². The third-order valence-electron chi connectivity index (χ3n) is 2.15. The Morgan fingerprint density at radius 3 is 2.53 bits per heavy atom. The predicted molar refractivity (Wildman–Crippen MR) is 55.1 cm³/mol. The van der Waals surface area contributed by atoms with Crippen LogP contribution in [0.15, 0.2) is 28.7 Å². The number of nitrogens with zero attached hydrogens (tertiary/aromatic N) is 1. The first-order valence-electron chi connectivity index (χ1n) is 4.44. The highest BCUT2D eigenvalue weighted by molar-refractivity contribution is 7.98. The number of alkyl halides is 3. The molecular formula is C10H8F3NS. The lowest BCUT2D eigenvalue weighted by molar-refractivity contribution is -0.137. The van der Waals surface area contributed by atoms with E-state index in [1.165, 1.54) is 24.1 Å². The molecule has 1 aliphatic heterocycles. The van der Waals surface area contributed by atoms with Crippen LogP contribution in [0.5, 0.6) is 0 Å². The van der Waals surface area contributed by atoms with Gasteiger partial charge in [0.2, 0.25) is 0 Å². The van der Waals surface area contributed by atoms with Crippen LogP contribution in [0.4, 0.5) is 13.2 Å². The van der Waals surface area contributed by atoms with Gasteiger partial charge in [-0.2, -0.15) is 13.2 Å². The van der Waals surface area contributed by atoms with Crippen molar-refractivity contribution in [3.8, 4) is 0 Å². The van der Waals surface area contributed by atoms with Crippen molar-refractivity contribution < 1.29 is 13.2 Å². The molecule has 0 N–H and O–H groups in total. The van der Waals surface area contributed by atoms with Crippen LogP contribution < -0.4 is 0 Å². The van der Waals surface area contributed by atoms with Crippen LogP contribution in [0, 0.1) is 0 Å². The summed E-state index contributed by atoms with van der Waals surface area (Å²) in [6.45, 7) is 0. The van der Waals surface area contributed by atoms with Gasteiger partial charge in [-0.25, -0.2) is 4.40 Å². The summed E-state index contributed by atoms with van der Waals surface area (Å²) in [7, 11) is 0. The first kappa shape index (κ1) is 10.5. The fourth-order valence-corrected chi connectivity index (χ4v) is 2.20. The van der Waals surface area contributed by atoms with Gasteiger partial charge in [0, 0.05) is 17.7 Å². The molecule has 0 radical (unpaired) electrons. The molecule has 0 saturated carbocycles. The molecule has 1 aliphatic rings. The largest absolute Gasteiger partial charge is 0.417 e. The highest BCUT2D eigenvalue weighted by Crippen LogP contribution is 2.34. The van der Waals surface area contributed by atoms with E-state index in [9.17, 15) is 13.2 Å². The molecule has 0 fully saturated rings. The third kappa shape index (κ3) is 2.17. The predicted octanol–water partition coefficient (Wildman–Crippen LogP) is 3.55. The fraction of sp³-hybridized carbons (Fsp3) is 0.300. The molecule has 15 heavy (non-hydrogen) atoms. The van der Waals surface area contributed by atoms with E-state index in [-0.39, 0.29) is 5.56 Å². The second kappa shape index (κ2) is 3.89. The molecule has 0 atom stereocenters. The zero-order valence-electron chi connectivity index (χ0n) is 7.71. The lowest BCUT2D eigenvalue weighted by Gasteiger charge is -2.11. The monoisotopic (exact) mass is 231 g/mol. The number of benzene rings is 1. The minimum Gasteiger partial charge on any atom is -0.221 e. The normalized spacial score (nSPS) is 16.6. The zero-order valence-corrected chi connectivity index (χ0v) is 8.53. The number of halogens is 3. The van der Waals surface area contributed by atoms with Crippen LogP contribution in [0.25, 0.3) is 0 Å². The van der Waals surface area contributed by atoms with Crippen LogP contribution in [-0.2, 0) is 6.18 Å². The maximum atomic E-state index is 12.6. The van der Waals surface area contributed by atoms with Gasteiger partial charge in [-0.1, -0.05) is 18.2 Å². The Morgan fingerprint density at radius 1 is 1.20 bits per heavy atom. The van der Waals surface area contributed by atoms with Crippen molar-refractivity contribution in [2.24, 2.45) is 4.40 Å². The molecule has 80 valence electrons. The lowest BCUT2D eigenvalue weighted by atomic mass is 10.0. The Kier molecular flexibility index (Phi) is 2.73. The number of hydrogen-bond donors (Lipinski definition) is 0. The smallest absolute Gasteiger partial charge is 0.221 e. The van der Waals surface area contributed by atoms with Crippen molar-refractivity contribution in [3.05, 3.63) is 35.4 Å². The van der Waals surface area contributed by atoms with Gasteiger partial charge >= 0.3 is 6.18 Å². The van der Waals surface area contributed by atoms with Crippen molar-refractivity contribution in [1.29, 1.82) is 0 Å². The van der Waals surface area contributed by atoms with Crippen molar-refractivity contribution in [2.45, 2.75) is 12.6 Å². The molecule has 0 bridgehead atoms. The molecule has 0 amide bonds. The van der Waals surface area contributed by atoms with Crippen LogP contribution in [0.1, 0.15) is 17.5 Å². The minimum atomic E-state index is -4.30. The van der Waals surface area contributed by atoms with E-state index < -0.39 is 11.7 Å². The van der Waals surface area contributed by atoms with Crippen LogP contribution in [0.2, 0.25) is 0 Å². The molecule has 1 nitrogen and oxygen atoms in total. The lowest BCUT2D eigenvalue weighted by Crippen LogP contribution is -2.12. The second-order valence-electron chi connectivity index (χ2n) is 3.16. The van der Waals surface area contributed by atoms with Gasteiger partial charge in [-0.15, -0.1) is 0 Å². The highest BCUT2D eigenvalue weighted by atomic mass is 32.2. The third-order valence-corrected chi connectivity index (χ3v) is 2.88. The summed E-state index contributed by atoms with van der Waals surface area (Å²) in [5.74, 6) is 0.765. The Balaban J connectivity index is 2.47. The average Bonchev–Trinajstić information content (AvgIpc) is 2.69. The van der Waals surface area contributed by atoms with E-state index in [2.05, 4.69) is 4.40 Å². The van der Waals surface area contributed by atoms with Gasteiger partial charge in [-0.05, 0) is 18.0 Å². The van der Waals surface area contributed by atoms with Gasteiger partial charge < -0.3 is 0 Å². The summed E-state index contributed by atoms with van der Waals surface area (Å²) in [6.07, 6.45) is -3.69. The first-order chi connectivity index (χ1) is 7.09. The van der Waals surface area contributed by atoms with Crippen LogP contribution >= 0.6 is 11.9 Å². The van der Waals surface area contributed by atoms with E-state index in [0.717, 1.165) is 11.8 Å². The molecule has 0 aromatic heterocycles. The molecule has 2 rings (SSSR count). The fourth-order valence-electron chi connectivity index (χ4n) is 1.48. The van der Waals surface area contributed by atoms with Gasteiger partial charge in [0.05, 0.1) is 11.3 Å². The van der Waals surface area contributed by atoms with Gasteiger partial charge in [0.25, 0.3) is 0 Å². The van der Waals surface area contributed by atoms with E-state index in [1.807, 2.05) is 0 Å². The Morgan fingerprint density at radius 2 is 1.93 bits per heavy atom. The second-order valence-corrected chi connectivity index (χ2v) is 4.01. The van der Waals surface area contributed by atoms with Gasteiger partial charge in [0.1, 0.15) is 0 Å². The van der Waals surface area contributed by atoms with Crippen LogP contribution in [0.3, 0.4) is 0 Å². The van der Waals surface area contributed by atoms with Gasteiger partial charge in [-0.3, -0.25) is 0 Å². The Bertz CT molecular complexity index is 398. The summed E-state index contributed by atoms with van der Waals surface area (Å²) in [5, 5.41) is 0. The molecule has 0 saturated heterocycles. The van der Waals surface area contributed by atoms with Gasteiger partial charge in [0.15, 0.2) is 0 Å². The van der Waals surface area contributed by atoms with Crippen LogP contribution in [-0.4, -0.2) is 11.5 Å². The summed E-state index contributed by atoms with van der Waals surface area (Å²) >= 11 is 1.32. The summed E-state index contributed by atoms with van der Waals surface area (Å²) in [6, 6.07) is 5.58. The maximum Gasteiger partial charge on any atom is 0.417 e. The molecule has 1 aromatic rings. The topological polar surface area (TPSA) is 12.4 Å². The summed E-state index contributed by atoms with van der Waals surface area (Å²) < 4.78 is 41.9. The molecular weight excluding hydrogens is 223 g/mol. The maximum absolute atomic E-state index is 12.6. The van der Waals surface area contributed by atoms with E-state index in [1.54, 1.807) is 6.07 Å². The van der Waals surface area contributed by atoms with Crippen molar-refractivity contribution in [3.63, 3.8) is 0 Å². The molecule has 0 spiro atoms. The number of rotatable bonds is 1. The van der Waals surface area contributed by atoms with E-state index in [0.29, 0.717) is 12.1 Å². The standard InChI is InChI=1S/C10H8F3NS/c11-10(12,13)8-4-2-1-3-7(8)9-5-6-15-14-9/h1-4H,5-6H2. The average molecular weight is 231 g/mol. The quantitative estimate of drug-likeness (QED) is 0.673. The summed E-state index contributed by atoms with van der Waals surface area (Å²) in [5.41, 5.74) is 0.175. The minimum absolute atomic E-state index is 0.218. The Hall–Kier alpha value is -0.970. The highest BCUT2D eigenvalue weighted by Gasteiger charge is 2.34. The molecule has 0 aliphatic carbocycles. The SMILES string of the molecule is FC(F)(F)c1ccccc1C1=NSCC1. The summed E-state index contributed by atoms with van der Waals surface area (Å²) in [4.78, 5) is 0. The molecule has 5 heteroatoms. The first-order valence-corrected chi connectivity index (χ1v) is 5.39. The number of hydrogen-bond acceptors (Lipinski definition) is 2. The van der Waals surface area contributed by atoms with Crippen molar-refractivity contribution >= 4 is 17.7 Å². The van der Waals surface area contributed by atoms with E-state index in [4.69, 9.17) is 0 Å². The molecule has 1 aromatic carbocycles. The molecule has 0 unspecified atom stereocenters. The van der Waals surface area contributed by atoms with E-state index >= 15 is 0 Å². The Labute approximate surface area is 89.5 Å². The van der Waals surface area contributed by atoms with Crippen molar-refractivity contribution in [1.82, 2.24) is 0 Å². The molecule has 1 heterocycles. The zero-order chi connectivity index (χ0) is 10.9.